The number of morpholine rings is 1. The van der Waals surface area contributed by atoms with Crippen molar-refractivity contribution in [2.75, 3.05) is 30.0 Å². The number of nitrogens with two attached hydrogens (primary N) is 1. The van der Waals surface area contributed by atoms with Crippen LogP contribution in [0.5, 0.6) is 0 Å². The van der Waals surface area contributed by atoms with E-state index in [1.807, 2.05) is 0 Å². The van der Waals surface area contributed by atoms with Gasteiger partial charge < -0.3 is 0 Å². The molecule has 1 heterocycles. The van der Waals surface area contributed by atoms with Crippen molar-refractivity contribution in [1.82, 2.24) is 0 Å². The van der Waals surface area contributed by atoms with Gasteiger partial charge in [0.2, 0.25) is 0 Å². The molecule has 9 heteroatoms. The summed E-state index contributed by atoms with van der Waals surface area (Å²) in [6.45, 7) is 0.697. The third kappa shape index (κ3) is 4.62. The fourth-order valence-corrected chi connectivity index (χ4v) is 5.71. The van der Waals surface area contributed by atoms with Crippen LogP contribution in [-0.4, -0.2) is 53.2 Å². The molecule has 1 saturated heterocycles. The summed E-state index contributed by atoms with van der Waals surface area (Å²) in [5.41, 5.74) is 5.74. The number of halogens is 1. The van der Waals surface area contributed by atoms with Crippen LogP contribution in [0.15, 0.2) is 18.2 Å². The predicted molar refractivity (Wildman–Crippen MR) is 95.8 cm³/mol. The topological polar surface area (TPSA) is 102 Å². The second-order valence-electron chi connectivity index (χ2n) is 6.44. The summed E-state index contributed by atoms with van der Waals surface area (Å²) in [7, 11) is 0. The van der Waals surface area contributed by atoms with E-state index in [0.29, 0.717) is 24.8 Å². The van der Waals surface area contributed by atoms with E-state index in [1.54, 1.807) is 6.07 Å². The molecule has 1 aliphatic heterocycles. The maximum atomic E-state index is 14.4. The van der Waals surface area contributed by atoms with Crippen molar-refractivity contribution in [3.63, 3.8) is 0 Å². The Morgan fingerprint density at radius 3 is 2.81 bits per heavy atom. The molecule has 1 unspecified atom stereocenters. The predicted octanol–water partition coefficient (Wildman–Crippen LogP) is 0.666. The summed E-state index contributed by atoms with van der Waals surface area (Å²) in [4.78, 5) is 37.2. The van der Waals surface area contributed by atoms with Gasteiger partial charge in [-0.05, 0) is 0 Å². The first-order valence-electron chi connectivity index (χ1n) is 8.47. The van der Waals surface area contributed by atoms with E-state index in [4.69, 9.17) is 10.5 Å². The molecule has 1 aromatic rings. The van der Waals surface area contributed by atoms with Crippen LogP contribution in [0.25, 0.3) is 0 Å². The SMILES string of the molecule is NC(=O)[C@H]([AsH]CC1CC1)C(=O)Nc1ccc(N2CCOCC2=O)cc1F. The number of hydrogen-bond acceptors (Lipinski definition) is 4. The van der Waals surface area contributed by atoms with Crippen LogP contribution in [-0.2, 0) is 19.1 Å². The zero-order valence-electron chi connectivity index (χ0n) is 14.2. The molecule has 0 radical (unpaired) electrons. The Bertz CT molecular complexity index is 726. The second kappa shape index (κ2) is 8.18. The first-order chi connectivity index (χ1) is 12.5. The van der Waals surface area contributed by atoms with Gasteiger partial charge in [0.05, 0.1) is 0 Å². The summed E-state index contributed by atoms with van der Waals surface area (Å²) < 4.78 is 18.6. The zero-order valence-corrected chi connectivity index (χ0v) is 16.3. The Morgan fingerprint density at radius 1 is 1.42 bits per heavy atom. The molecule has 1 aromatic carbocycles. The Balaban J connectivity index is 1.67. The molecule has 0 spiro atoms. The third-order valence-electron chi connectivity index (χ3n) is 4.36. The molecule has 1 saturated carbocycles. The van der Waals surface area contributed by atoms with Crippen LogP contribution < -0.4 is 16.0 Å². The van der Waals surface area contributed by atoms with E-state index in [1.165, 1.54) is 17.0 Å². The Kier molecular flexibility index (Phi) is 5.93. The number of nitrogens with one attached hydrogen (secondary N) is 1. The van der Waals surface area contributed by atoms with Crippen LogP contribution >= 0.6 is 0 Å². The first kappa shape index (κ1) is 18.9. The molecule has 0 bridgehead atoms. The van der Waals surface area contributed by atoms with Gasteiger partial charge in [-0.15, -0.1) is 0 Å². The van der Waals surface area contributed by atoms with Gasteiger partial charge in [-0.2, -0.15) is 0 Å². The molecule has 2 aliphatic rings. The van der Waals surface area contributed by atoms with E-state index in [0.717, 1.165) is 18.1 Å². The first-order valence-corrected chi connectivity index (χ1v) is 11.2. The fourth-order valence-electron chi connectivity index (χ4n) is 2.70. The number of ether oxygens (including phenoxy) is 1. The maximum absolute atomic E-state index is 14.4. The average Bonchev–Trinajstić information content (AvgIpc) is 3.41. The van der Waals surface area contributed by atoms with Crippen molar-refractivity contribution in [3.05, 3.63) is 24.0 Å². The molecule has 2 atom stereocenters. The minimum absolute atomic E-state index is 0.0243. The quantitative estimate of drug-likeness (QED) is 0.495. The molecule has 3 amide bonds. The van der Waals surface area contributed by atoms with E-state index >= 15 is 0 Å². The van der Waals surface area contributed by atoms with Gasteiger partial charge in [-0.1, -0.05) is 0 Å². The van der Waals surface area contributed by atoms with Gasteiger partial charge in [0.25, 0.3) is 0 Å². The van der Waals surface area contributed by atoms with E-state index in [-0.39, 0.29) is 18.2 Å². The Morgan fingerprint density at radius 2 is 2.19 bits per heavy atom. The van der Waals surface area contributed by atoms with Crippen molar-refractivity contribution >= 4 is 44.8 Å². The summed E-state index contributed by atoms with van der Waals surface area (Å²) in [5, 5.41) is 3.36. The number of amides is 3. The van der Waals surface area contributed by atoms with Crippen molar-refractivity contribution in [2.24, 2.45) is 11.7 Å². The number of rotatable bonds is 7. The zero-order chi connectivity index (χ0) is 18.7. The van der Waals surface area contributed by atoms with Crippen LogP contribution in [0.3, 0.4) is 0 Å². The third-order valence-corrected chi connectivity index (χ3v) is 8.07. The van der Waals surface area contributed by atoms with Crippen LogP contribution in [0, 0.1) is 11.7 Å². The van der Waals surface area contributed by atoms with Gasteiger partial charge in [-0.25, -0.2) is 0 Å². The van der Waals surface area contributed by atoms with Crippen LogP contribution in [0.2, 0.25) is 9.91 Å². The monoisotopic (exact) mass is 425 g/mol. The molecule has 26 heavy (non-hydrogen) atoms. The minimum atomic E-state index is -0.854. The summed E-state index contributed by atoms with van der Waals surface area (Å²) in [6, 6.07) is 4.14. The van der Waals surface area contributed by atoms with Crippen LogP contribution in [0.1, 0.15) is 12.8 Å². The number of hydrogen-bond donors (Lipinski definition) is 2. The fraction of sp³-hybridized carbons (Fsp3) is 0.471. The van der Waals surface area contributed by atoms with Gasteiger partial charge in [0, 0.05) is 0 Å². The summed E-state index contributed by atoms with van der Waals surface area (Å²) in [6.07, 6.45) is 2.29. The number of carbonyl (C=O) groups is 3. The summed E-state index contributed by atoms with van der Waals surface area (Å²) in [5.74, 6) is -1.50. The molecule has 2 fully saturated rings. The van der Waals surface area contributed by atoms with E-state index in [2.05, 4.69) is 5.32 Å². The van der Waals surface area contributed by atoms with Gasteiger partial charge in [0.15, 0.2) is 0 Å². The van der Waals surface area contributed by atoms with Crippen molar-refractivity contribution in [1.29, 1.82) is 0 Å². The average molecular weight is 425 g/mol. The van der Waals surface area contributed by atoms with Crippen molar-refractivity contribution in [3.8, 4) is 0 Å². The molecule has 0 aromatic heterocycles. The molecule has 7 nitrogen and oxygen atoms in total. The van der Waals surface area contributed by atoms with Crippen LogP contribution in [0.4, 0.5) is 15.8 Å². The van der Waals surface area contributed by atoms with Gasteiger partial charge >= 0.3 is 157 Å². The van der Waals surface area contributed by atoms with Crippen molar-refractivity contribution < 1.29 is 23.5 Å². The van der Waals surface area contributed by atoms with E-state index < -0.39 is 38.1 Å². The van der Waals surface area contributed by atoms with Gasteiger partial charge in [-0.3, -0.25) is 0 Å². The Hall–Kier alpha value is -1.92. The Labute approximate surface area is 157 Å². The molecular weight excluding hydrogens is 404 g/mol. The second-order valence-corrected chi connectivity index (χ2v) is 9.36. The van der Waals surface area contributed by atoms with E-state index in [9.17, 15) is 18.8 Å². The molecular formula is C17H21AsFN3O4. The van der Waals surface area contributed by atoms with Crippen molar-refractivity contribution in [2.45, 2.75) is 22.8 Å². The number of benzene rings is 1. The summed E-state index contributed by atoms with van der Waals surface area (Å²) >= 11 is -0.854. The number of anilines is 2. The standard InChI is InChI=1S/C17H21AsFN3O4/c19-12-7-11(22-5-6-26-9-14(22)23)3-4-13(12)21-17(25)15(16(20)24)18-8-10-1-2-10/h3-4,7,10,15,18H,1-2,5-6,8-9H2,(H2,20,24)(H,21,25)/t15-/m0/s1. The molecule has 3 rings (SSSR count). The molecule has 1 aliphatic carbocycles. The van der Waals surface area contributed by atoms with Gasteiger partial charge in [0.1, 0.15) is 0 Å². The normalized spacial score (nSPS) is 19.0. The number of primary amides is 1. The number of nitrogens with zero attached hydrogens (tertiary/aromatic N) is 1. The molecule has 140 valence electrons. The number of carbonyl (C=O) groups excluding carboxylic acids is 3. The molecule has 3 N–H and O–H groups in total.